The minimum atomic E-state index is -0.125. The Bertz CT molecular complexity index is 331. The molecular weight excluding hydrogens is 180 g/mol. The molecule has 1 aromatic rings. The first-order valence-electron chi connectivity index (χ1n) is 4.70. The van der Waals surface area contributed by atoms with Crippen molar-refractivity contribution >= 4 is 5.78 Å². The number of aromatic hydroxyl groups is 2. The minimum absolute atomic E-state index is 0.00245. The summed E-state index contributed by atoms with van der Waals surface area (Å²) in [5.41, 5.74) is 0.207. The normalized spacial score (nSPS) is 10.1. The van der Waals surface area contributed by atoms with E-state index in [1.54, 1.807) is 0 Å². The van der Waals surface area contributed by atoms with Gasteiger partial charge in [-0.3, -0.25) is 4.79 Å². The van der Waals surface area contributed by atoms with Gasteiger partial charge >= 0.3 is 0 Å². The van der Waals surface area contributed by atoms with E-state index in [2.05, 4.69) is 0 Å². The number of carbonyl (C=O) groups is 1. The third-order valence-corrected chi connectivity index (χ3v) is 2.04. The van der Waals surface area contributed by atoms with Gasteiger partial charge in [-0.05, 0) is 24.6 Å². The van der Waals surface area contributed by atoms with Gasteiger partial charge in [0.2, 0.25) is 0 Å². The van der Waals surface area contributed by atoms with Crippen LogP contribution in [-0.2, 0) is 0 Å². The molecule has 14 heavy (non-hydrogen) atoms. The van der Waals surface area contributed by atoms with Crippen molar-refractivity contribution in [2.24, 2.45) is 0 Å². The van der Waals surface area contributed by atoms with E-state index in [0.717, 1.165) is 12.8 Å². The van der Waals surface area contributed by atoms with Crippen molar-refractivity contribution in [3.8, 4) is 11.5 Å². The van der Waals surface area contributed by atoms with Crippen molar-refractivity contribution in [2.45, 2.75) is 26.2 Å². The lowest BCUT2D eigenvalue weighted by molar-refractivity contribution is 0.0977. The van der Waals surface area contributed by atoms with Gasteiger partial charge in [-0.2, -0.15) is 0 Å². The van der Waals surface area contributed by atoms with Crippen LogP contribution in [0, 0.1) is 0 Å². The minimum Gasteiger partial charge on any atom is -0.508 e. The maximum atomic E-state index is 11.5. The third-order valence-electron chi connectivity index (χ3n) is 2.04. The van der Waals surface area contributed by atoms with Crippen molar-refractivity contribution < 1.29 is 15.0 Å². The van der Waals surface area contributed by atoms with Crippen molar-refractivity contribution in [1.29, 1.82) is 0 Å². The van der Waals surface area contributed by atoms with Crippen molar-refractivity contribution in [2.75, 3.05) is 0 Å². The zero-order valence-electron chi connectivity index (χ0n) is 8.16. The molecule has 76 valence electrons. The molecule has 1 aromatic carbocycles. The lowest BCUT2D eigenvalue weighted by atomic mass is 10.0. The number of phenolic OH excluding ortho intramolecular Hbond substituents is 2. The van der Waals surface area contributed by atoms with Gasteiger partial charge in [0.25, 0.3) is 0 Å². The fourth-order valence-corrected chi connectivity index (χ4v) is 1.22. The van der Waals surface area contributed by atoms with Crippen LogP contribution in [0.15, 0.2) is 18.2 Å². The molecule has 0 saturated heterocycles. The molecule has 0 aliphatic carbocycles. The Hall–Kier alpha value is -1.51. The van der Waals surface area contributed by atoms with Crippen LogP contribution >= 0.6 is 0 Å². The Kier molecular flexibility index (Phi) is 3.51. The van der Waals surface area contributed by atoms with Crippen LogP contribution in [0.4, 0.5) is 0 Å². The molecule has 0 fully saturated rings. The molecule has 0 aliphatic heterocycles. The van der Waals surface area contributed by atoms with Crippen LogP contribution in [0.3, 0.4) is 0 Å². The van der Waals surface area contributed by atoms with Gasteiger partial charge < -0.3 is 10.2 Å². The van der Waals surface area contributed by atoms with Crippen LogP contribution in [0.2, 0.25) is 0 Å². The molecule has 0 bridgehead atoms. The number of Topliss-reactive ketones (excluding diaryl/α,β-unsaturated/α-hetero) is 1. The summed E-state index contributed by atoms with van der Waals surface area (Å²) in [5, 5.41) is 18.5. The molecule has 0 atom stereocenters. The topological polar surface area (TPSA) is 57.5 Å². The maximum Gasteiger partial charge on any atom is 0.166 e. The van der Waals surface area contributed by atoms with E-state index in [0.29, 0.717) is 6.42 Å². The number of hydrogen-bond acceptors (Lipinski definition) is 3. The van der Waals surface area contributed by atoms with E-state index in [1.807, 2.05) is 6.92 Å². The Morgan fingerprint density at radius 2 is 2.07 bits per heavy atom. The predicted octanol–water partition coefficient (Wildman–Crippen LogP) is 2.47. The summed E-state index contributed by atoms with van der Waals surface area (Å²) < 4.78 is 0. The number of benzene rings is 1. The van der Waals surface area contributed by atoms with E-state index >= 15 is 0 Å². The summed E-state index contributed by atoms with van der Waals surface area (Å²) in [6.45, 7) is 2.00. The van der Waals surface area contributed by atoms with Crippen molar-refractivity contribution in [1.82, 2.24) is 0 Å². The first kappa shape index (κ1) is 10.6. The lowest BCUT2D eigenvalue weighted by Gasteiger charge is -2.03. The summed E-state index contributed by atoms with van der Waals surface area (Å²) in [6, 6.07) is 3.98. The van der Waals surface area contributed by atoms with E-state index in [4.69, 9.17) is 5.11 Å². The van der Waals surface area contributed by atoms with Gasteiger partial charge in [0.05, 0.1) is 5.56 Å². The van der Waals surface area contributed by atoms with Crippen molar-refractivity contribution in [3.05, 3.63) is 23.8 Å². The van der Waals surface area contributed by atoms with Crippen LogP contribution in [0.25, 0.3) is 0 Å². The number of phenols is 2. The summed E-state index contributed by atoms with van der Waals surface area (Å²) in [4.78, 5) is 11.5. The number of rotatable bonds is 4. The van der Waals surface area contributed by atoms with Gasteiger partial charge in [-0.15, -0.1) is 0 Å². The molecular formula is C11H14O3. The summed E-state index contributed by atoms with van der Waals surface area (Å²) in [5.74, 6) is -0.188. The molecule has 0 radical (unpaired) electrons. The molecule has 0 unspecified atom stereocenters. The maximum absolute atomic E-state index is 11.5. The van der Waals surface area contributed by atoms with Gasteiger partial charge in [-0.1, -0.05) is 13.3 Å². The first-order valence-corrected chi connectivity index (χ1v) is 4.70. The third kappa shape index (κ3) is 2.49. The second kappa shape index (κ2) is 4.65. The van der Waals surface area contributed by atoms with Gasteiger partial charge in [0, 0.05) is 6.42 Å². The Labute approximate surface area is 83.0 Å². The van der Waals surface area contributed by atoms with Crippen LogP contribution in [-0.4, -0.2) is 16.0 Å². The zero-order valence-corrected chi connectivity index (χ0v) is 8.16. The summed E-state index contributed by atoms with van der Waals surface area (Å²) in [6.07, 6.45) is 2.15. The first-order chi connectivity index (χ1) is 6.65. The average molecular weight is 194 g/mol. The Morgan fingerprint density at radius 3 is 2.71 bits per heavy atom. The van der Waals surface area contributed by atoms with Crippen LogP contribution < -0.4 is 0 Å². The van der Waals surface area contributed by atoms with Crippen LogP contribution in [0.5, 0.6) is 11.5 Å². The van der Waals surface area contributed by atoms with Gasteiger partial charge in [-0.25, -0.2) is 0 Å². The zero-order chi connectivity index (χ0) is 10.6. The molecule has 0 aliphatic rings. The van der Waals surface area contributed by atoms with Gasteiger partial charge in [0.1, 0.15) is 11.5 Å². The quantitative estimate of drug-likeness (QED) is 0.571. The van der Waals surface area contributed by atoms with E-state index in [9.17, 15) is 9.90 Å². The monoisotopic (exact) mass is 194 g/mol. The van der Waals surface area contributed by atoms with Gasteiger partial charge in [0.15, 0.2) is 5.78 Å². The summed E-state index contributed by atoms with van der Waals surface area (Å²) >= 11 is 0. The molecule has 0 heterocycles. The smallest absolute Gasteiger partial charge is 0.166 e. The largest absolute Gasteiger partial charge is 0.508 e. The number of carbonyl (C=O) groups excluding carboxylic acids is 1. The SMILES string of the molecule is CCCCC(=O)c1cc(O)ccc1O. The molecule has 0 spiro atoms. The standard InChI is InChI=1S/C11H14O3/c1-2-3-4-10(13)9-7-8(12)5-6-11(9)14/h5-7,12,14H,2-4H2,1H3. The molecule has 0 aromatic heterocycles. The molecule has 0 amide bonds. The molecule has 0 saturated carbocycles. The highest BCUT2D eigenvalue weighted by molar-refractivity contribution is 5.98. The number of unbranched alkanes of at least 4 members (excludes halogenated alkanes) is 1. The second-order valence-electron chi connectivity index (χ2n) is 3.23. The number of hydrogen-bond donors (Lipinski definition) is 2. The van der Waals surface area contributed by atoms with E-state index in [-0.39, 0.29) is 22.8 Å². The molecule has 3 nitrogen and oxygen atoms in total. The molecule has 2 N–H and O–H groups in total. The van der Waals surface area contributed by atoms with E-state index < -0.39 is 0 Å². The van der Waals surface area contributed by atoms with E-state index in [1.165, 1.54) is 18.2 Å². The fraction of sp³-hybridized carbons (Fsp3) is 0.364. The highest BCUT2D eigenvalue weighted by atomic mass is 16.3. The molecule has 3 heteroatoms. The second-order valence-corrected chi connectivity index (χ2v) is 3.23. The summed E-state index contributed by atoms with van der Waals surface area (Å²) in [7, 11) is 0. The fourth-order valence-electron chi connectivity index (χ4n) is 1.22. The molecule has 1 rings (SSSR count). The Morgan fingerprint density at radius 1 is 1.36 bits per heavy atom. The lowest BCUT2D eigenvalue weighted by Crippen LogP contribution is -1.98. The highest BCUT2D eigenvalue weighted by Gasteiger charge is 2.10. The van der Waals surface area contributed by atoms with Crippen LogP contribution in [0.1, 0.15) is 36.5 Å². The highest BCUT2D eigenvalue weighted by Crippen LogP contribution is 2.23. The number of ketones is 1. The predicted molar refractivity (Wildman–Crippen MR) is 53.6 cm³/mol. The van der Waals surface area contributed by atoms with Crippen molar-refractivity contribution in [3.63, 3.8) is 0 Å². The average Bonchev–Trinajstić information content (AvgIpc) is 2.18. The Balaban J connectivity index is 2.83.